The van der Waals surface area contributed by atoms with Crippen molar-refractivity contribution in [1.82, 2.24) is 0 Å². The molecule has 104 valence electrons. The van der Waals surface area contributed by atoms with E-state index in [0.717, 1.165) is 5.75 Å². The van der Waals surface area contributed by atoms with Crippen LogP contribution in [0, 0.1) is 0 Å². The van der Waals surface area contributed by atoms with Crippen LogP contribution in [0.3, 0.4) is 0 Å². The van der Waals surface area contributed by atoms with E-state index >= 15 is 0 Å². The van der Waals surface area contributed by atoms with Crippen LogP contribution in [0.4, 0.5) is 5.69 Å². The van der Waals surface area contributed by atoms with Gasteiger partial charge in [0, 0.05) is 5.69 Å². The maximum Gasteiger partial charge on any atom is 0.169 e. The quantitative estimate of drug-likeness (QED) is 0.693. The van der Waals surface area contributed by atoms with Crippen LogP contribution in [0.25, 0.3) is 0 Å². The number of ether oxygens (including phenoxy) is 2. The summed E-state index contributed by atoms with van der Waals surface area (Å²) in [7, 11) is 0. The lowest BCUT2D eigenvalue weighted by atomic mass is 10.3. The first-order chi connectivity index (χ1) is 10.3. The van der Waals surface area contributed by atoms with E-state index in [4.69, 9.17) is 15.2 Å². The zero-order valence-electron chi connectivity index (χ0n) is 11.4. The fourth-order valence-electron chi connectivity index (χ4n) is 1.90. The molecule has 0 saturated carbocycles. The Morgan fingerprint density at radius 2 is 1.00 bits per heavy atom. The highest BCUT2D eigenvalue weighted by Gasteiger charge is 2.06. The molecule has 3 aromatic carbocycles. The smallest absolute Gasteiger partial charge is 0.169 e. The second-order valence-electron chi connectivity index (χ2n) is 4.53. The van der Waals surface area contributed by atoms with Crippen LogP contribution < -0.4 is 15.2 Å². The summed E-state index contributed by atoms with van der Waals surface area (Å²) in [6.07, 6.45) is 0. The molecule has 0 aliphatic heterocycles. The van der Waals surface area contributed by atoms with Gasteiger partial charge in [0.1, 0.15) is 11.5 Å². The minimum atomic E-state index is 0.658. The van der Waals surface area contributed by atoms with Crippen LogP contribution >= 0.6 is 0 Å². The number of nitrogen functional groups attached to an aromatic ring is 1. The first-order valence-electron chi connectivity index (χ1n) is 6.66. The van der Waals surface area contributed by atoms with Crippen molar-refractivity contribution in [3.05, 3.63) is 78.9 Å². The molecule has 0 radical (unpaired) electrons. The van der Waals surface area contributed by atoms with Gasteiger partial charge in [0.15, 0.2) is 11.5 Å². The fraction of sp³-hybridized carbons (Fsp3) is 0. The van der Waals surface area contributed by atoms with Crippen molar-refractivity contribution in [2.24, 2.45) is 0 Å². The van der Waals surface area contributed by atoms with Gasteiger partial charge in [-0.15, -0.1) is 0 Å². The molecule has 0 bridgehead atoms. The Labute approximate surface area is 123 Å². The van der Waals surface area contributed by atoms with Crippen molar-refractivity contribution < 1.29 is 9.47 Å². The summed E-state index contributed by atoms with van der Waals surface area (Å²) in [5, 5.41) is 0. The molecule has 0 aliphatic rings. The number of hydrogen-bond donors (Lipinski definition) is 1. The third kappa shape index (κ3) is 3.34. The molecule has 0 spiro atoms. The van der Waals surface area contributed by atoms with Gasteiger partial charge in [0.2, 0.25) is 0 Å². The van der Waals surface area contributed by atoms with Crippen LogP contribution in [-0.4, -0.2) is 0 Å². The molecule has 3 nitrogen and oxygen atoms in total. The predicted molar refractivity (Wildman–Crippen MR) is 83.9 cm³/mol. The summed E-state index contributed by atoms with van der Waals surface area (Å²) in [6.45, 7) is 0. The summed E-state index contributed by atoms with van der Waals surface area (Å²) in [4.78, 5) is 0. The van der Waals surface area contributed by atoms with Gasteiger partial charge in [0.05, 0.1) is 0 Å². The molecule has 3 aromatic rings. The summed E-state index contributed by atoms with van der Waals surface area (Å²) in [6, 6.07) is 24.4. The Morgan fingerprint density at radius 3 is 1.57 bits per heavy atom. The van der Waals surface area contributed by atoms with Gasteiger partial charge in [-0.05, 0) is 48.5 Å². The molecule has 0 saturated heterocycles. The molecule has 0 fully saturated rings. The topological polar surface area (TPSA) is 44.5 Å². The van der Waals surface area contributed by atoms with Crippen LogP contribution in [0.1, 0.15) is 0 Å². The molecule has 0 amide bonds. The lowest BCUT2D eigenvalue weighted by molar-refractivity contribution is 0.419. The van der Waals surface area contributed by atoms with Gasteiger partial charge in [-0.2, -0.15) is 0 Å². The van der Waals surface area contributed by atoms with Gasteiger partial charge < -0.3 is 15.2 Å². The second kappa shape index (κ2) is 6.01. The molecule has 0 unspecified atom stereocenters. The Balaban J connectivity index is 1.84. The van der Waals surface area contributed by atoms with Crippen molar-refractivity contribution >= 4 is 5.69 Å². The average Bonchev–Trinajstić information content (AvgIpc) is 2.52. The number of rotatable bonds is 4. The lowest BCUT2D eigenvalue weighted by Gasteiger charge is -2.12. The molecular weight excluding hydrogens is 262 g/mol. The standard InChI is InChI=1S/C18H15NO2/c19-14-10-12-16(13-11-14)21-18-9-5-4-8-17(18)20-15-6-2-1-3-7-15/h1-13H,19H2. The van der Waals surface area contributed by atoms with Crippen molar-refractivity contribution in [1.29, 1.82) is 0 Å². The zero-order chi connectivity index (χ0) is 14.5. The van der Waals surface area contributed by atoms with Crippen LogP contribution in [0.15, 0.2) is 78.9 Å². The first-order valence-corrected chi connectivity index (χ1v) is 6.66. The minimum Gasteiger partial charge on any atom is -0.453 e. The molecular formula is C18H15NO2. The number of benzene rings is 3. The van der Waals surface area contributed by atoms with Crippen LogP contribution in [0.2, 0.25) is 0 Å². The molecule has 21 heavy (non-hydrogen) atoms. The maximum absolute atomic E-state index is 5.86. The normalized spacial score (nSPS) is 10.1. The van der Waals surface area contributed by atoms with Crippen molar-refractivity contribution in [3.8, 4) is 23.0 Å². The van der Waals surface area contributed by atoms with E-state index in [9.17, 15) is 0 Å². The fourth-order valence-corrected chi connectivity index (χ4v) is 1.90. The molecule has 0 atom stereocenters. The molecule has 0 heterocycles. The number of nitrogens with two attached hydrogens (primary N) is 1. The van der Waals surface area contributed by atoms with Crippen molar-refractivity contribution in [2.45, 2.75) is 0 Å². The summed E-state index contributed by atoms with van der Waals surface area (Å²) in [5.74, 6) is 2.81. The van der Waals surface area contributed by atoms with Gasteiger partial charge in [-0.3, -0.25) is 0 Å². The Morgan fingerprint density at radius 1 is 0.524 bits per heavy atom. The summed E-state index contributed by atoms with van der Waals surface area (Å²) < 4.78 is 11.7. The monoisotopic (exact) mass is 277 g/mol. The highest BCUT2D eigenvalue weighted by molar-refractivity contribution is 5.47. The van der Waals surface area contributed by atoms with Crippen LogP contribution in [-0.2, 0) is 0 Å². The van der Waals surface area contributed by atoms with Gasteiger partial charge in [-0.25, -0.2) is 0 Å². The first kappa shape index (κ1) is 13.1. The van der Waals surface area contributed by atoms with Gasteiger partial charge in [-0.1, -0.05) is 30.3 Å². The van der Waals surface area contributed by atoms with E-state index in [1.165, 1.54) is 0 Å². The Hall–Kier alpha value is -2.94. The number of para-hydroxylation sites is 3. The molecule has 2 N–H and O–H groups in total. The lowest BCUT2D eigenvalue weighted by Crippen LogP contribution is -1.90. The van der Waals surface area contributed by atoms with E-state index in [1.807, 2.05) is 66.7 Å². The highest BCUT2D eigenvalue weighted by Crippen LogP contribution is 2.34. The number of hydrogen-bond acceptors (Lipinski definition) is 3. The largest absolute Gasteiger partial charge is 0.453 e. The van der Waals surface area contributed by atoms with E-state index in [2.05, 4.69) is 0 Å². The zero-order valence-corrected chi connectivity index (χ0v) is 11.4. The van der Waals surface area contributed by atoms with Gasteiger partial charge >= 0.3 is 0 Å². The van der Waals surface area contributed by atoms with Crippen LogP contribution in [0.5, 0.6) is 23.0 Å². The van der Waals surface area contributed by atoms with E-state index in [-0.39, 0.29) is 0 Å². The van der Waals surface area contributed by atoms with E-state index in [1.54, 1.807) is 12.1 Å². The van der Waals surface area contributed by atoms with Crippen molar-refractivity contribution in [3.63, 3.8) is 0 Å². The summed E-state index contributed by atoms with van der Waals surface area (Å²) in [5.41, 5.74) is 6.38. The SMILES string of the molecule is Nc1ccc(Oc2ccccc2Oc2ccccc2)cc1. The average molecular weight is 277 g/mol. The third-order valence-corrected chi connectivity index (χ3v) is 2.93. The Kier molecular flexibility index (Phi) is 3.74. The highest BCUT2D eigenvalue weighted by atomic mass is 16.5. The summed E-state index contributed by atoms with van der Waals surface area (Å²) >= 11 is 0. The van der Waals surface area contributed by atoms with Crippen molar-refractivity contribution in [2.75, 3.05) is 5.73 Å². The predicted octanol–water partition coefficient (Wildman–Crippen LogP) is 4.85. The van der Waals surface area contributed by atoms with E-state index < -0.39 is 0 Å². The number of anilines is 1. The Bertz CT molecular complexity index is 709. The minimum absolute atomic E-state index is 0.658. The molecule has 3 rings (SSSR count). The van der Waals surface area contributed by atoms with E-state index in [0.29, 0.717) is 22.9 Å². The molecule has 3 heteroatoms. The second-order valence-corrected chi connectivity index (χ2v) is 4.53. The molecule has 0 aliphatic carbocycles. The molecule has 0 aromatic heterocycles. The third-order valence-electron chi connectivity index (χ3n) is 2.93. The van der Waals surface area contributed by atoms with Gasteiger partial charge in [0.25, 0.3) is 0 Å². The maximum atomic E-state index is 5.86.